The molecule has 3 amide bonds. The van der Waals surface area contributed by atoms with Crippen LogP contribution >= 0.6 is 23.2 Å². The number of rotatable bonds is 3. The predicted octanol–water partition coefficient (Wildman–Crippen LogP) is 3.20. The summed E-state index contributed by atoms with van der Waals surface area (Å²) in [7, 11) is 0. The van der Waals surface area contributed by atoms with E-state index in [1.54, 1.807) is 25.1 Å². The summed E-state index contributed by atoms with van der Waals surface area (Å²) in [6, 6.07) is 4.55. The van der Waals surface area contributed by atoms with Gasteiger partial charge >= 0.3 is 6.03 Å². The molecule has 3 rings (SSSR count). The Bertz CT molecular complexity index is 646. The first-order valence-electron chi connectivity index (χ1n) is 7.74. The summed E-state index contributed by atoms with van der Waals surface area (Å²) in [5.74, 6) is -0.280. The van der Waals surface area contributed by atoms with Crippen molar-refractivity contribution in [2.45, 2.75) is 31.7 Å². The van der Waals surface area contributed by atoms with E-state index in [-0.39, 0.29) is 11.9 Å². The van der Waals surface area contributed by atoms with E-state index in [1.165, 1.54) is 11.3 Å². The molecule has 2 fully saturated rings. The van der Waals surface area contributed by atoms with Crippen LogP contribution in [-0.2, 0) is 10.3 Å². The van der Waals surface area contributed by atoms with Gasteiger partial charge in [0.25, 0.3) is 5.91 Å². The number of carbonyl (C=O) groups excluding carboxylic acids is 2. The van der Waals surface area contributed by atoms with Crippen molar-refractivity contribution in [1.82, 2.24) is 15.1 Å². The minimum Gasteiger partial charge on any atom is -0.319 e. The van der Waals surface area contributed by atoms with E-state index in [0.717, 1.165) is 25.9 Å². The Labute approximate surface area is 145 Å². The highest BCUT2D eigenvalue weighted by atomic mass is 35.5. The Morgan fingerprint density at radius 2 is 1.87 bits per heavy atom. The summed E-state index contributed by atoms with van der Waals surface area (Å²) >= 11 is 12.2. The molecule has 0 saturated carbocycles. The van der Waals surface area contributed by atoms with E-state index < -0.39 is 5.54 Å². The van der Waals surface area contributed by atoms with Gasteiger partial charge in [-0.05, 0) is 45.0 Å². The Balaban J connectivity index is 1.84. The van der Waals surface area contributed by atoms with Crippen molar-refractivity contribution < 1.29 is 9.59 Å². The number of amides is 3. The van der Waals surface area contributed by atoms with Gasteiger partial charge in [0.1, 0.15) is 5.54 Å². The predicted molar refractivity (Wildman–Crippen MR) is 89.5 cm³/mol. The lowest BCUT2D eigenvalue weighted by Crippen LogP contribution is -2.45. The van der Waals surface area contributed by atoms with Gasteiger partial charge in [-0.15, -0.1) is 0 Å². The number of imide groups is 1. The number of nitrogens with zero attached hydrogens (tertiary/aromatic N) is 2. The second kappa shape index (κ2) is 6.30. The Morgan fingerprint density at radius 1 is 1.17 bits per heavy atom. The van der Waals surface area contributed by atoms with Crippen molar-refractivity contribution in [1.29, 1.82) is 0 Å². The third-order valence-corrected chi connectivity index (χ3v) is 5.08. The molecule has 2 aliphatic rings. The van der Waals surface area contributed by atoms with Crippen LogP contribution in [0.15, 0.2) is 18.2 Å². The lowest BCUT2D eigenvalue weighted by Gasteiger charge is -2.30. The van der Waals surface area contributed by atoms with Crippen molar-refractivity contribution in [2.75, 3.05) is 19.8 Å². The fraction of sp³-hybridized carbons (Fsp3) is 0.500. The van der Waals surface area contributed by atoms with Gasteiger partial charge in [0, 0.05) is 15.6 Å². The summed E-state index contributed by atoms with van der Waals surface area (Å²) in [6.07, 6.45) is 3.41. The second-order valence-electron chi connectivity index (χ2n) is 6.23. The molecular formula is C16H19Cl2N3O2. The van der Waals surface area contributed by atoms with E-state index in [0.29, 0.717) is 22.3 Å². The fourth-order valence-electron chi connectivity index (χ4n) is 3.20. The fourth-order valence-corrected chi connectivity index (χ4v) is 3.80. The van der Waals surface area contributed by atoms with Crippen LogP contribution in [0.3, 0.4) is 0 Å². The molecule has 2 aliphatic heterocycles. The number of urea groups is 1. The van der Waals surface area contributed by atoms with Crippen molar-refractivity contribution >= 4 is 35.1 Å². The van der Waals surface area contributed by atoms with Crippen molar-refractivity contribution in [3.63, 3.8) is 0 Å². The minimum atomic E-state index is -1.16. The molecule has 0 aliphatic carbocycles. The third-order valence-electron chi connectivity index (χ3n) is 4.53. The highest BCUT2D eigenvalue weighted by molar-refractivity contribution is 6.35. The first-order chi connectivity index (χ1) is 10.9. The normalized spacial score (nSPS) is 25.8. The molecule has 124 valence electrons. The molecule has 2 heterocycles. The van der Waals surface area contributed by atoms with Crippen LogP contribution in [0.2, 0.25) is 10.0 Å². The molecule has 0 spiro atoms. The number of nitrogens with one attached hydrogen (secondary N) is 1. The average Bonchev–Trinajstić information content (AvgIpc) is 2.72. The second-order valence-corrected chi connectivity index (χ2v) is 7.08. The summed E-state index contributed by atoms with van der Waals surface area (Å²) < 4.78 is 0. The van der Waals surface area contributed by atoms with Gasteiger partial charge in [0.15, 0.2) is 0 Å². The Morgan fingerprint density at radius 3 is 2.52 bits per heavy atom. The molecule has 23 heavy (non-hydrogen) atoms. The van der Waals surface area contributed by atoms with E-state index in [9.17, 15) is 9.59 Å². The van der Waals surface area contributed by atoms with E-state index in [2.05, 4.69) is 10.2 Å². The molecule has 2 saturated heterocycles. The summed E-state index contributed by atoms with van der Waals surface area (Å²) in [5, 5.41) is 3.64. The maximum atomic E-state index is 12.9. The maximum Gasteiger partial charge on any atom is 0.326 e. The summed E-state index contributed by atoms with van der Waals surface area (Å²) in [6.45, 7) is 3.83. The summed E-state index contributed by atoms with van der Waals surface area (Å²) in [5.41, 5.74) is -0.600. The van der Waals surface area contributed by atoms with Crippen LogP contribution in [0.25, 0.3) is 0 Å². The monoisotopic (exact) mass is 355 g/mol. The molecule has 0 radical (unpaired) electrons. The number of halogens is 2. The third kappa shape index (κ3) is 3.05. The van der Waals surface area contributed by atoms with E-state index in [4.69, 9.17) is 23.2 Å². The first-order valence-corrected chi connectivity index (χ1v) is 8.49. The highest BCUT2D eigenvalue weighted by Crippen LogP contribution is 2.35. The zero-order chi connectivity index (χ0) is 16.6. The van der Waals surface area contributed by atoms with Gasteiger partial charge in [-0.3, -0.25) is 9.69 Å². The molecule has 1 aromatic carbocycles. The largest absolute Gasteiger partial charge is 0.326 e. The molecule has 1 aromatic rings. The van der Waals surface area contributed by atoms with Crippen LogP contribution in [0.5, 0.6) is 0 Å². The maximum absolute atomic E-state index is 12.9. The quantitative estimate of drug-likeness (QED) is 0.847. The standard InChI is InChI=1S/C16H19Cl2N3O2/c1-16(12-6-5-11(17)9-13(12)18)14(22)21(15(23)19-16)10-20-7-3-2-4-8-20/h5-6,9H,2-4,7-8,10H2,1H3,(H,19,23)/t16-/m1/s1. The first kappa shape index (κ1) is 16.6. The van der Waals surface area contributed by atoms with Gasteiger partial charge in [0.2, 0.25) is 0 Å². The lowest BCUT2D eigenvalue weighted by molar-refractivity contribution is -0.132. The van der Waals surface area contributed by atoms with E-state index in [1.807, 2.05) is 0 Å². The molecule has 1 N–H and O–H groups in total. The van der Waals surface area contributed by atoms with Crippen LogP contribution in [0.4, 0.5) is 4.79 Å². The van der Waals surface area contributed by atoms with Gasteiger partial charge in [0.05, 0.1) is 6.67 Å². The number of benzene rings is 1. The van der Waals surface area contributed by atoms with Gasteiger partial charge < -0.3 is 5.32 Å². The molecule has 5 nitrogen and oxygen atoms in total. The van der Waals surface area contributed by atoms with Crippen LogP contribution in [-0.4, -0.2) is 41.5 Å². The molecule has 7 heteroatoms. The topological polar surface area (TPSA) is 52.7 Å². The molecule has 0 aromatic heterocycles. The number of carbonyl (C=O) groups is 2. The van der Waals surface area contributed by atoms with Crippen LogP contribution < -0.4 is 5.32 Å². The van der Waals surface area contributed by atoms with E-state index >= 15 is 0 Å². The molecular weight excluding hydrogens is 337 g/mol. The zero-order valence-corrected chi connectivity index (χ0v) is 14.5. The van der Waals surface area contributed by atoms with Crippen LogP contribution in [0, 0.1) is 0 Å². The van der Waals surface area contributed by atoms with Crippen LogP contribution in [0.1, 0.15) is 31.7 Å². The van der Waals surface area contributed by atoms with Crippen molar-refractivity contribution in [2.24, 2.45) is 0 Å². The Hall–Kier alpha value is -1.30. The van der Waals surface area contributed by atoms with Gasteiger partial charge in [-0.2, -0.15) is 0 Å². The van der Waals surface area contributed by atoms with Gasteiger partial charge in [-0.25, -0.2) is 9.69 Å². The minimum absolute atomic E-state index is 0.280. The smallest absolute Gasteiger partial charge is 0.319 e. The lowest BCUT2D eigenvalue weighted by atomic mass is 9.92. The van der Waals surface area contributed by atoms with Crippen molar-refractivity contribution in [3.05, 3.63) is 33.8 Å². The number of hydrogen-bond donors (Lipinski definition) is 1. The zero-order valence-electron chi connectivity index (χ0n) is 12.9. The van der Waals surface area contributed by atoms with Crippen molar-refractivity contribution in [3.8, 4) is 0 Å². The van der Waals surface area contributed by atoms with Gasteiger partial charge in [-0.1, -0.05) is 35.7 Å². The highest BCUT2D eigenvalue weighted by Gasteiger charge is 2.50. The molecule has 0 bridgehead atoms. The molecule has 1 atom stereocenters. The Kier molecular flexibility index (Phi) is 4.54. The number of hydrogen-bond acceptors (Lipinski definition) is 3. The molecule has 0 unspecified atom stereocenters. The SMILES string of the molecule is C[C@]1(c2ccc(Cl)cc2Cl)NC(=O)N(CN2CCCCC2)C1=O. The number of likely N-dealkylation sites (tertiary alicyclic amines) is 1. The summed E-state index contributed by atoms with van der Waals surface area (Å²) in [4.78, 5) is 28.6. The number of piperidine rings is 1. The average molecular weight is 356 g/mol.